The Labute approximate surface area is 214 Å². The summed E-state index contributed by atoms with van der Waals surface area (Å²) in [5.41, 5.74) is 0.387. The van der Waals surface area contributed by atoms with Gasteiger partial charge in [0.25, 0.3) is 0 Å². The zero-order chi connectivity index (χ0) is 24.8. The number of hydrogen-bond donors (Lipinski definition) is 1. The zero-order valence-corrected chi connectivity index (χ0v) is 21.6. The largest absolute Gasteiger partial charge is 0.461 e. The van der Waals surface area contributed by atoms with Gasteiger partial charge < -0.3 is 15.0 Å². The van der Waals surface area contributed by atoms with E-state index in [2.05, 4.69) is 38.9 Å². The smallest absolute Gasteiger partial charge is 0.319 e. The summed E-state index contributed by atoms with van der Waals surface area (Å²) in [7, 11) is 0. The van der Waals surface area contributed by atoms with Gasteiger partial charge in [0.15, 0.2) is 11.0 Å². The topological polar surface area (TPSA) is 66.4 Å². The lowest BCUT2D eigenvalue weighted by Gasteiger charge is -2.53. The number of halogens is 3. The second-order valence-electron chi connectivity index (χ2n) is 11.7. The second-order valence-corrected chi connectivity index (χ2v) is 12.1. The minimum atomic E-state index is -0.844. The van der Waals surface area contributed by atoms with Crippen molar-refractivity contribution in [1.29, 1.82) is 0 Å². The Morgan fingerprint density at radius 3 is 2.92 bits per heavy atom. The van der Waals surface area contributed by atoms with Gasteiger partial charge in [-0.15, -0.1) is 0 Å². The van der Waals surface area contributed by atoms with Crippen LogP contribution in [0.25, 0.3) is 10.9 Å². The van der Waals surface area contributed by atoms with E-state index in [4.69, 9.17) is 21.3 Å². The molecule has 0 radical (unpaired) electrons. The molecule has 0 unspecified atom stereocenters. The summed E-state index contributed by atoms with van der Waals surface area (Å²) in [5, 5.41) is 4.32. The Balaban J connectivity index is 1.36. The van der Waals surface area contributed by atoms with Crippen LogP contribution in [0.2, 0.25) is 5.15 Å². The SMILES string of the molecule is CC[C@H]1Cc2nc(Cl)c(F)c3nc(OC[C@@]45CCCN4C[C@H](F)C5)nc(c23)N2C[C@H]3CC[C@H](N3)[C@]12C. The maximum absolute atomic E-state index is 15.5. The number of anilines is 1. The number of nitrogens with zero attached hydrogens (tertiary/aromatic N) is 5. The summed E-state index contributed by atoms with van der Waals surface area (Å²) in [6, 6.07) is 0.819. The average molecular weight is 519 g/mol. The average Bonchev–Trinajstić information content (AvgIpc) is 3.51. The van der Waals surface area contributed by atoms with Gasteiger partial charge in [-0.1, -0.05) is 24.9 Å². The molecule has 6 atom stereocenters. The molecule has 7 rings (SSSR count). The monoisotopic (exact) mass is 518 g/mol. The van der Waals surface area contributed by atoms with Gasteiger partial charge in [0.2, 0.25) is 0 Å². The van der Waals surface area contributed by atoms with E-state index in [1.807, 2.05) is 0 Å². The number of rotatable bonds is 4. The molecule has 5 aliphatic rings. The molecule has 36 heavy (non-hydrogen) atoms. The van der Waals surface area contributed by atoms with Crippen LogP contribution in [0.15, 0.2) is 0 Å². The van der Waals surface area contributed by atoms with Crippen molar-refractivity contribution >= 4 is 28.3 Å². The highest BCUT2D eigenvalue weighted by molar-refractivity contribution is 6.30. The summed E-state index contributed by atoms with van der Waals surface area (Å²) in [6.45, 7) is 6.95. The fourth-order valence-electron chi connectivity index (χ4n) is 8.08. The minimum absolute atomic E-state index is 0.135. The molecule has 7 heterocycles. The van der Waals surface area contributed by atoms with Gasteiger partial charge in [-0.25, -0.2) is 13.8 Å². The van der Waals surface area contributed by atoms with Crippen LogP contribution in [0.1, 0.15) is 58.1 Å². The van der Waals surface area contributed by atoms with Crippen molar-refractivity contribution in [3.8, 4) is 6.01 Å². The van der Waals surface area contributed by atoms with Crippen molar-refractivity contribution in [2.45, 2.75) is 88.1 Å². The first kappa shape index (κ1) is 23.3. The van der Waals surface area contributed by atoms with Gasteiger partial charge in [-0.05, 0) is 51.5 Å². The van der Waals surface area contributed by atoms with Gasteiger partial charge in [0, 0.05) is 31.6 Å². The number of aromatic nitrogens is 3. The third kappa shape index (κ3) is 3.18. The molecule has 0 aliphatic carbocycles. The second kappa shape index (κ2) is 8.08. The van der Waals surface area contributed by atoms with Crippen LogP contribution in [0, 0.1) is 11.7 Å². The quantitative estimate of drug-likeness (QED) is 0.612. The lowest BCUT2D eigenvalue weighted by atomic mass is 9.74. The molecular weight excluding hydrogens is 486 g/mol. The van der Waals surface area contributed by atoms with E-state index < -0.39 is 12.0 Å². The van der Waals surface area contributed by atoms with Crippen molar-refractivity contribution in [3.63, 3.8) is 0 Å². The van der Waals surface area contributed by atoms with E-state index in [9.17, 15) is 4.39 Å². The van der Waals surface area contributed by atoms with Gasteiger partial charge in [0.1, 0.15) is 24.1 Å². The molecule has 2 aromatic heterocycles. The lowest BCUT2D eigenvalue weighted by molar-refractivity contribution is 0.107. The molecule has 1 N–H and O–H groups in total. The van der Waals surface area contributed by atoms with Crippen LogP contribution in [-0.2, 0) is 6.42 Å². The number of fused-ring (bicyclic) bond motifs is 6. The Bertz CT molecular complexity index is 1230. The fourth-order valence-corrected chi connectivity index (χ4v) is 8.27. The van der Waals surface area contributed by atoms with Crippen LogP contribution >= 0.6 is 11.6 Å². The highest BCUT2D eigenvalue weighted by Gasteiger charge is 2.55. The molecule has 10 heteroatoms. The maximum atomic E-state index is 15.5. The number of hydrogen-bond acceptors (Lipinski definition) is 7. The van der Waals surface area contributed by atoms with E-state index in [-0.39, 0.29) is 33.7 Å². The highest BCUT2D eigenvalue weighted by atomic mass is 35.5. The highest BCUT2D eigenvalue weighted by Crippen LogP contribution is 2.49. The predicted molar refractivity (Wildman–Crippen MR) is 134 cm³/mol. The molecule has 0 saturated carbocycles. The molecule has 0 aromatic carbocycles. The number of nitrogens with one attached hydrogen (secondary N) is 1. The van der Waals surface area contributed by atoms with E-state index in [1.54, 1.807) is 0 Å². The first-order valence-electron chi connectivity index (χ1n) is 13.4. The van der Waals surface area contributed by atoms with Gasteiger partial charge >= 0.3 is 6.01 Å². The standard InChI is InChI=1S/C26H33ClF2N6O/c1-3-14-9-17-19-21(20(29)22(27)31-17)32-24(36-13-26-7-4-8-34(26)11-15(28)10-26)33-23(19)35-12-16-5-6-18(30-16)25(14,35)2/h14-16,18,30H,3-13H2,1-2H3/t14-,15+,16+,18-,25-,26-/m0/s1. The Morgan fingerprint density at radius 1 is 1.22 bits per heavy atom. The summed E-state index contributed by atoms with van der Waals surface area (Å²) < 4.78 is 36.0. The lowest BCUT2D eigenvalue weighted by Crippen LogP contribution is -2.68. The first-order valence-corrected chi connectivity index (χ1v) is 13.8. The van der Waals surface area contributed by atoms with Gasteiger partial charge in [0.05, 0.1) is 22.2 Å². The molecule has 0 spiro atoms. The molecular formula is C26H33ClF2N6O. The normalized spacial score (nSPS) is 37.3. The van der Waals surface area contributed by atoms with Crippen molar-refractivity contribution in [1.82, 2.24) is 25.2 Å². The van der Waals surface area contributed by atoms with E-state index in [0.29, 0.717) is 49.3 Å². The molecule has 194 valence electrons. The molecule has 5 aliphatic heterocycles. The van der Waals surface area contributed by atoms with Crippen LogP contribution in [0.5, 0.6) is 6.01 Å². The summed E-state index contributed by atoms with van der Waals surface area (Å²) in [6.07, 6.45) is 5.40. The van der Waals surface area contributed by atoms with Crippen LogP contribution in [-0.4, -0.2) is 75.4 Å². The van der Waals surface area contributed by atoms with Crippen molar-refractivity contribution in [2.24, 2.45) is 5.92 Å². The summed E-state index contributed by atoms with van der Waals surface area (Å²) in [4.78, 5) is 18.6. The molecule has 4 saturated heterocycles. The first-order chi connectivity index (χ1) is 17.3. The third-order valence-electron chi connectivity index (χ3n) is 9.96. The number of piperazine rings is 1. The number of ether oxygens (including phenoxy) is 1. The summed E-state index contributed by atoms with van der Waals surface area (Å²) >= 11 is 6.30. The summed E-state index contributed by atoms with van der Waals surface area (Å²) in [5.74, 6) is 0.347. The molecule has 0 amide bonds. The fraction of sp³-hybridized carbons (Fsp3) is 0.731. The van der Waals surface area contributed by atoms with Crippen LogP contribution < -0.4 is 15.0 Å². The van der Waals surface area contributed by atoms with Crippen molar-refractivity contribution < 1.29 is 13.5 Å². The Morgan fingerprint density at radius 2 is 2.08 bits per heavy atom. The van der Waals surface area contributed by atoms with Gasteiger partial charge in [-0.3, -0.25) is 4.90 Å². The van der Waals surface area contributed by atoms with Crippen molar-refractivity contribution in [3.05, 3.63) is 16.7 Å². The Kier molecular flexibility index (Phi) is 5.23. The van der Waals surface area contributed by atoms with Crippen LogP contribution in [0.4, 0.5) is 14.6 Å². The van der Waals surface area contributed by atoms with E-state index in [0.717, 1.165) is 50.9 Å². The van der Waals surface area contributed by atoms with Crippen molar-refractivity contribution in [2.75, 3.05) is 31.1 Å². The van der Waals surface area contributed by atoms with Gasteiger partial charge in [-0.2, -0.15) is 9.97 Å². The molecule has 7 nitrogen and oxygen atoms in total. The van der Waals surface area contributed by atoms with E-state index in [1.165, 1.54) is 0 Å². The molecule has 4 fully saturated rings. The molecule has 2 aromatic rings. The maximum Gasteiger partial charge on any atom is 0.319 e. The number of pyridine rings is 1. The predicted octanol–water partition coefficient (Wildman–Crippen LogP) is 4.05. The van der Waals surface area contributed by atoms with E-state index >= 15 is 4.39 Å². The third-order valence-corrected chi connectivity index (χ3v) is 10.2. The number of alkyl halides is 1. The minimum Gasteiger partial charge on any atom is -0.461 e. The molecule has 2 bridgehead atoms. The van der Waals surface area contributed by atoms with Crippen LogP contribution in [0.3, 0.4) is 0 Å². The zero-order valence-electron chi connectivity index (χ0n) is 20.9. The Hall–Kier alpha value is -1.84.